The predicted molar refractivity (Wildman–Crippen MR) is 87.5 cm³/mol. The van der Waals surface area contributed by atoms with E-state index in [2.05, 4.69) is 29.1 Å². The Kier molecular flexibility index (Phi) is 6.38. The molecule has 0 aromatic carbocycles. The lowest BCUT2D eigenvalue weighted by Gasteiger charge is -2.28. The number of furan rings is 1. The highest BCUT2D eigenvalue weighted by atomic mass is 16.3. The summed E-state index contributed by atoms with van der Waals surface area (Å²) in [6.07, 6.45) is 9.51. The third-order valence-electron chi connectivity index (χ3n) is 3.90. The van der Waals surface area contributed by atoms with Gasteiger partial charge in [0.15, 0.2) is 5.96 Å². The fourth-order valence-electron chi connectivity index (χ4n) is 2.81. The highest BCUT2D eigenvalue weighted by Gasteiger charge is 2.19. The molecular weight excluding hydrogens is 262 g/mol. The Balaban J connectivity index is 1.84. The van der Waals surface area contributed by atoms with Crippen molar-refractivity contribution in [3.8, 4) is 0 Å². The van der Waals surface area contributed by atoms with Gasteiger partial charge in [-0.1, -0.05) is 25.8 Å². The average molecular weight is 289 g/mol. The maximum Gasteiger partial charge on any atom is 0.191 e. The molecule has 2 unspecified atom stereocenters. The number of hydrogen-bond acceptors (Lipinski definition) is 2. The molecule has 0 spiro atoms. The molecule has 4 nitrogen and oxygen atoms in total. The number of guanidine groups is 1. The number of rotatable bonds is 6. The third-order valence-corrected chi connectivity index (χ3v) is 3.90. The topological polar surface area (TPSA) is 49.6 Å². The van der Waals surface area contributed by atoms with Crippen LogP contribution in [0.5, 0.6) is 0 Å². The van der Waals surface area contributed by atoms with Crippen LogP contribution in [0, 0.1) is 5.92 Å². The van der Waals surface area contributed by atoms with Crippen molar-refractivity contribution >= 4 is 5.96 Å². The summed E-state index contributed by atoms with van der Waals surface area (Å²) in [5.74, 6) is 2.67. The van der Waals surface area contributed by atoms with E-state index in [1.165, 1.54) is 25.7 Å². The van der Waals surface area contributed by atoms with Gasteiger partial charge in [0.1, 0.15) is 5.76 Å². The van der Waals surface area contributed by atoms with Crippen LogP contribution < -0.4 is 10.6 Å². The Bertz CT molecular complexity index is 439. The molecule has 0 radical (unpaired) electrons. The maximum atomic E-state index is 5.33. The summed E-state index contributed by atoms with van der Waals surface area (Å²) in [6.45, 7) is 7.54. The van der Waals surface area contributed by atoms with Gasteiger partial charge in [-0.05, 0) is 30.9 Å². The second kappa shape index (κ2) is 8.55. The minimum atomic E-state index is 0.536. The highest BCUT2D eigenvalue weighted by Crippen LogP contribution is 2.23. The minimum Gasteiger partial charge on any atom is -0.469 e. The Hall–Kier alpha value is -1.71. The van der Waals surface area contributed by atoms with Gasteiger partial charge >= 0.3 is 0 Å². The van der Waals surface area contributed by atoms with Crippen molar-refractivity contribution in [3.05, 3.63) is 36.8 Å². The molecule has 2 N–H and O–H groups in total. The lowest BCUT2D eigenvalue weighted by molar-refractivity contribution is 0.324. The molecule has 21 heavy (non-hydrogen) atoms. The van der Waals surface area contributed by atoms with Crippen molar-refractivity contribution in [1.29, 1.82) is 0 Å². The second-order valence-corrected chi connectivity index (χ2v) is 5.84. The molecule has 116 valence electrons. The zero-order valence-corrected chi connectivity index (χ0v) is 13.0. The lowest BCUT2D eigenvalue weighted by Crippen LogP contribution is -2.45. The highest BCUT2D eigenvalue weighted by molar-refractivity contribution is 5.80. The van der Waals surface area contributed by atoms with Crippen LogP contribution in [-0.4, -0.2) is 25.1 Å². The predicted octanol–water partition coefficient (Wildman–Crippen LogP) is 3.12. The normalized spacial score (nSPS) is 22.8. The van der Waals surface area contributed by atoms with Crippen LogP contribution in [0.1, 0.15) is 38.4 Å². The monoisotopic (exact) mass is 289 g/mol. The fraction of sp³-hybridized carbons (Fsp3) is 0.588. The number of nitrogens with one attached hydrogen (secondary N) is 2. The Morgan fingerprint density at radius 1 is 1.52 bits per heavy atom. The molecule has 1 fully saturated rings. The van der Waals surface area contributed by atoms with E-state index >= 15 is 0 Å². The van der Waals surface area contributed by atoms with Crippen LogP contribution in [0.3, 0.4) is 0 Å². The molecule has 0 aliphatic heterocycles. The zero-order chi connectivity index (χ0) is 14.9. The van der Waals surface area contributed by atoms with Crippen LogP contribution in [-0.2, 0) is 6.42 Å². The minimum absolute atomic E-state index is 0.536. The largest absolute Gasteiger partial charge is 0.469 e. The van der Waals surface area contributed by atoms with Gasteiger partial charge < -0.3 is 15.1 Å². The molecule has 1 heterocycles. The van der Waals surface area contributed by atoms with E-state index in [4.69, 9.17) is 4.42 Å². The van der Waals surface area contributed by atoms with E-state index in [1.54, 1.807) is 6.26 Å². The van der Waals surface area contributed by atoms with Gasteiger partial charge in [0.25, 0.3) is 0 Å². The van der Waals surface area contributed by atoms with Gasteiger partial charge in [-0.3, -0.25) is 4.99 Å². The quantitative estimate of drug-likeness (QED) is 0.480. The SMILES string of the molecule is C=CCNC(=NCCc1ccco1)NC1CCCC(C)C1. The molecule has 0 amide bonds. The Morgan fingerprint density at radius 2 is 2.43 bits per heavy atom. The average Bonchev–Trinajstić information content (AvgIpc) is 2.98. The van der Waals surface area contributed by atoms with Crippen molar-refractivity contribution < 1.29 is 4.42 Å². The molecule has 1 aromatic heterocycles. The first-order valence-electron chi connectivity index (χ1n) is 7.96. The number of hydrogen-bond donors (Lipinski definition) is 2. The van der Waals surface area contributed by atoms with E-state index in [9.17, 15) is 0 Å². The summed E-state index contributed by atoms with van der Waals surface area (Å²) in [7, 11) is 0. The first-order chi connectivity index (χ1) is 10.3. The van der Waals surface area contributed by atoms with E-state index < -0.39 is 0 Å². The van der Waals surface area contributed by atoms with Crippen LogP contribution >= 0.6 is 0 Å². The van der Waals surface area contributed by atoms with Gasteiger partial charge in [-0.2, -0.15) is 0 Å². The number of nitrogens with zero attached hydrogens (tertiary/aromatic N) is 1. The molecule has 0 bridgehead atoms. The smallest absolute Gasteiger partial charge is 0.191 e. The summed E-state index contributed by atoms with van der Waals surface area (Å²) in [4.78, 5) is 4.64. The first-order valence-corrected chi connectivity index (χ1v) is 7.96. The fourth-order valence-corrected chi connectivity index (χ4v) is 2.81. The molecule has 1 aromatic rings. The molecule has 4 heteroatoms. The van der Waals surface area contributed by atoms with Crippen molar-refractivity contribution in [2.75, 3.05) is 13.1 Å². The molecule has 1 aliphatic carbocycles. The van der Waals surface area contributed by atoms with Crippen LogP contribution in [0.4, 0.5) is 0 Å². The van der Waals surface area contributed by atoms with Crippen molar-refractivity contribution in [1.82, 2.24) is 10.6 Å². The summed E-state index contributed by atoms with van der Waals surface area (Å²) in [5.41, 5.74) is 0. The molecule has 0 saturated heterocycles. The molecule has 2 atom stereocenters. The molecule has 1 aliphatic rings. The maximum absolute atomic E-state index is 5.33. The standard InChI is InChI=1S/C17H27N3O/c1-3-10-18-17(19-11-9-16-8-5-12-21-16)20-15-7-4-6-14(2)13-15/h3,5,8,12,14-15H,1,4,6-7,9-11,13H2,2H3,(H2,18,19,20). The van der Waals surface area contributed by atoms with Crippen LogP contribution in [0.2, 0.25) is 0 Å². The van der Waals surface area contributed by atoms with Crippen LogP contribution in [0.25, 0.3) is 0 Å². The summed E-state index contributed by atoms with van der Waals surface area (Å²) in [6, 6.07) is 4.44. The van der Waals surface area contributed by atoms with Gasteiger partial charge in [-0.15, -0.1) is 6.58 Å². The molecule has 2 rings (SSSR count). The van der Waals surface area contributed by atoms with E-state index in [1.807, 2.05) is 18.2 Å². The Morgan fingerprint density at radius 3 is 3.14 bits per heavy atom. The number of aliphatic imine (C=N–C) groups is 1. The third kappa shape index (κ3) is 5.66. The van der Waals surface area contributed by atoms with Crippen molar-refractivity contribution in [3.63, 3.8) is 0 Å². The van der Waals surface area contributed by atoms with Gasteiger partial charge in [0, 0.05) is 25.6 Å². The molecule has 1 saturated carbocycles. The van der Waals surface area contributed by atoms with Crippen LogP contribution in [0.15, 0.2) is 40.5 Å². The van der Waals surface area contributed by atoms with Crippen molar-refractivity contribution in [2.45, 2.75) is 45.1 Å². The van der Waals surface area contributed by atoms with Crippen molar-refractivity contribution in [2.24, 2.45) is 10.9 Å². The zero-order valence-electron chi connectivity index (χ0n) is 13.0. The summed E-state index contributed by atoms with van der Waals surface area (Å²) >= 11 is 0. The van der Waals surface area contributed by atoms with E-state index in [0.717, 1.165) is 37.1 Å². The lowest BCUT2D eigenvalue weighted by atomic mass is 9.87. The van der Waals surface area contributed by atoms with E-state index in [0.29, 0.717) is 6.04 Å². The summed E-state index contributed by atoms with van der Waals surface area (Å²) in [5, 5.41) is 6.86. The summed E-state index contributed by atoms with van der Waals surface area (Å²) < 4.78 is 5.33. The van der Waals surface area contributed by atoms with Gasteiger partial charge in [0.2, 0.25) is 0 Å². The van der Waals surface area contributed by atoms with Gasteiger partial charge in [0.05, 0.1) is 6.26 Å². The second-order valence-electron chi connectivity index (χ2n) is 5.84. The first kappa shape index (κ1) is 15.7. The molecular formula is C17H27N3O. The Labute approximate surface area is 127 Å². The van der Waals surface area contributed by atoms with Gasteiger partial charge in [-0.25, -0.2) is 0 Å². The van der Waals surface area contributed by atoms with E-state index in [-0.39, 0.29) is 0 Å².